The van der Waals surface area contributed by atoms with E-state index in [9.17, 15) is 14.4 Å². The number of carbonyl (C=O) groups is 2. The Hall–Kier alpha value is -2.75. The lowest BCUT2D eigenvalue weighted by atomic mass is 9.83. The van der Waals surface area contributed by atoms with Gasteiger partial charge in [-0.2, -0.15) is 0 Å². The Labute approximate surface area is 234 Å². The van der Waals surface area contributed by atoms with Crippen molar-refractivity contribution in [1.29, 1.82) is 0 Å². The molecule has 0 saturated carbocycles. The van der Waals surface area contributed by atoms with Crippen molar-refractivity contribution in [2.75, 3.05) is 13.7 Å². The molecule has 3 aromatic rings. The van der Waals surface area contributed by atoms with Crippen molar-refractivity contribution in [3.63, 3.8) is 0 Å². The molecule has 1 aromatic heterocycles. The van der Waals surface area contributed by atoms with Crippen molar-refractivity contribution < 1.29 is 19.1 Å². The smallest absolute Gasteiger partial charge is 0.338 e. The number of nitrogens with two attached hydrogens (primary N) is 1. The number of hydrogen-bond donors (Lipinski definition) is 1. The Bertz CT molecular complexity index is 1660. The minimum absolute atomic E-state index is 0.00655. The molecular formula is C25H18Cl4N2O5S. The summed E-state index contributed by atoms with van der Waals surface area (Å²) in [6.07, 6.45) is 1.55. The Morgan fingerprint density at radius 1 is 1.03 bits per heavy atom. The lowest BCUT2D eigenvalue weighted by Gasteiger charge is -2.27. The molecule has 0 fully saturated rings. The van der Waals surface area contributed by atoms with E-state index in [-0.39, 0.29) is 37.8 Å². The van der Waals surface area contributed by atoms with Crippen LogP contribution in [0.2, 0.25) is 20.1 Å². The van der Waals surface area contributed by atoms with Crippen LogP contribution in [0, 0.1) is 0 Å². The summed E-state index contributed by atoms with van der Waals surface area (Å²) in [5.74, 6) is -2.88. The van der Waals surface area contributed by atoms with Gasteiger partial charge in [-0.1, -0.05) is 58.5 Å². The lowest BCUT2D eigenvalue weighted by Crippen LogP contribution is -2.41. The zero-order chi connectivity index (χ0) is 27.0. The van der Waals surface area contributed by atoms with Crippen LogP contribution in [0.4, 0.5) is 0 Å². The topological polar surface area (TPSA) is 101 Å². The van der Waals surface area contributed by atoms with Crippen molar-refractivity contribution in [3.8, 4) is 0 Å². The summed E-state index contributed by atoms with van der Waals surface area (Å²) in [7, 11) is 1.19. The third-order valence-corrected chi connectivity index (χ3v) is 7.80. The number of esters is 2. The van der Waals surface area contributed by atoms with Crippen molar-refractivity contribution >= 4 is 87.1 Å². The largest absolute Gasteiger partial charge is 0.466 e. The van der Waals surface area contributed by atoms with Gasteiger partial charge in [0.25, 0.3) is 5.56 Å². The van der Waals surface area contributed by atoms with Crippen LogP contribution in [0.25, 0.3) is 17.5 Å². The molecule has 7 nitrogen and oxygen atoms in total. The standard InChI is InChI=1S/C25H18Cl4N2O5S/c1-3-36-25(34)19-18(14-7-6-13(27)10-16(14)29)20(24(33)35-2)23-31(21(19)30)22(32)17(37-23)8-11-4-5-12(26)9-15(11)28/h4-10,18H,3,30H2,1-2H3/b17-8+/t18-/m1/s1. The van der Waals surface area contributed by atoms with Crippen molar-refractivity contribution in [2.24, 2.45) is 5.73 Å². The number of carbonyl (C=O) groups excluding carboxylic acids is 2. The maximum Gasteiger partial charge on any atom is 0.338 e. The molecule has 0 bridgehead atoms. The molecule has 12 heteroatoms. The number of fused-ring (bicyclic) bond motifs is 1. The monoisotopic (exact) mass is 598 g/mol. The molecule has 0 aliphatic carbocycles. The molecule has 1 atom stereocenters. The van der Waals surface area contributed by atoms with Crippen LogP contribution < -0.4 is 20.5 Å². The quantitative estimate of drug-likeness (QED) is 0.442. The molecule has 2 N–H and O–H groups in total. The molecule has 0 unspecified atom stereocenters. The molecule has 0 amide bonds. The number of rotatable bonds is 5. The number of hydrogen-bond acceptors (Lipinski definition) is 7. The minimum Gasteiger partial charge on any atom is -0.466 e. The highest BCUT2D eigenvalue weighted by Crippen LogP contribution is 2.41. The summed E-state index contributed by atoms with van der Waals surface area (Å²) in [6.45, 7) is 1.65. The van der Waals surface area contributed by atoms with Crippen LogP contribution in [0.15, 0.2) is 46.8 Å². The number of benzene rings is 2. The molecule has 2 heterocycles. The van der Waals surface area contributed by atoms with Gasteiger partial charge >= 0.3 is 11.9 Å². The molecular weight excluding hydrogens is 582 g/mol. The number of halogens is 4. The lowest BCUT2D eigenvalue weighted by molar-refractivity contribution is -0.138. The molecule has 0 saturated heterocycles. The predicted octanol–water partition coefficient (Wildman–Crippen LogP) is 4.16. The summed E-state index contributed by atoms with van der Waals surface area (Å²) in [5, 5.41) is 1.28. The van der Waals surface area contributed by atoms with Gasteiger partial charge in [-0.3, -0.25) is 9.36 Å². The fourth-order valence-electron chi connectivity index (χ4n) is 3.97. The van der Waals surface area contributed by atoms with Crippen LogP contribution in [-0.2, 0) is 19.1 Å². The van der Waals surface area contributed by atoms with E-state index in [1.54, 1.807) is 37.3 Å². The second-order valence-corrected chi connectivity index (χ2v) is 10.5. The summed E-state index contributed by atoms with van der Waals surface area (Å²) in [4.78, 5) is 39.9. The maximum atomic E-state index is 13.5. The molecule has 4 rings (SSSR count). The van der Waals surface area contributed by atoms with Crippen LogP contribution in [-0.4, -0.2) is 30.2 Å². The highest BCUT2D eigenvalue weighted by atomic mass is 35.5. The van der Waals surface area contributed by atoms with E-state index < -0.39 is 23.4 Å². The fourth-order valence-corrected chi connectivity index (χ4v) is 6.11. The fraction of sp³-hybridized carbons (Fsp3) is 0.160. The van der Waals surface area contributed by atoms with E-state index >= 15 is 0 Å². The van der Waals surface area contributed by atoms with Gasteiger partial charge in [0.05, 0.1) is 35.3 Å². The van der Waals surface area contributed by atoms with Gasteiger partial charge in [-0.25, -0.2) is 9.59 Å². The maximum absolute atomic E-state index is 13.5. The highest BCUT2D eigenvalue weighted by Gasteiger charge is 2.40. The van der Waals surface area contributed by atoms with E-state index in [1.165, 1.54) is 19.2 Å². The average molecular weight is 600 g/mol. The zero-order valence-corrected chi connectivity index (χ0v) is 23.2. The number of nitrogens with zero attached hydrogens (tertiary/aromatic N) is 1. The van der Waals surface area contributed by atoms with Crippen molar-refractivity contribution in [1.82, 2.24) is 4.57 Å². The predicted molar refractivity (Wildman–Crippen MR) is 147 cm³/mol. The Morgan fingerprint density at radius 3 is 2.27 bits per heavy atom. The van der Waals surface area contributed by atoms with Crippen LogP contribution in [0.1, 0.15) is 24.0 Å². The van der Waals surface area contributed by atoms with Gasteiger partial charge in [-0.15, -0.1) is 11.3 Å². The number of ether oxygens (including phenoxy) is 2. The second kappa shape index (κ2) is 10.9. The molecule has 192 valence electrons. The van der Waals surface area contributed by atoms with Crippen LogP contribution >= 0.6 is 57.7 Å². The highest BCUT2D eigenvalue weighted by molar-refractivity contribution is 7.07. The van der Waals surface area contributed by atoms with Gasteiger partial charge in [0.15, 0.2) is 0 Å². The van der Waals surface area contributed by atoms with E-state index in [1.807, 2.05) is 0 Å². The molecule has 37 heavy (non-hydrogen) atoms. The first-order valence-electron chi connectivity index (χ1n) is 10.7. The normalized spacial score (nSPS) is 15.6. The average Bonchev–Trinajstić information content (AvgIpc) is 3.16. The third-order valence-electron chi connectivity index (χ3n) is 5.57. The molecule has 2 aromatic carbocycles. The Kier molecular flexibility index (Phi) is 8.06. The van der Waals surface area contributed by atoms with E-state index in [0.717, 1.165) is 15.9 Å². The summed E-state index contributed by atoms with van der Waals surface area (Å²) in [6, 6.07) is 9.43. The molecule has 0 radical (unpaired) electrons. The van der Waals surface area contributed by atoms with Crippen LogP contribution in [0.5, 0.6) is 0 Å². The van der Waals surface area contributed by atoms with E-state index in [2.05, 4.69) is 0 Å². The van der Waals surface area contributed by atoms with Gasteiger partial charge < -0.3 is 15.2 Å². The first-order valence-corrected chi connectivity index (χ1v) is 13.0. The summed E-state index contributed by atoms with van der Waals surface area (Å²) in [5.41, 5.74) is 6.63. The van der Waals surface area contributed by atoms with E-state index in [0.29, 0.717) is 26.2 Å². The van der Waals surface area contributed by atoms with E-state index in [4.69, 9.17) is 61.6 Å². The molecule has 0 spiro atoms. The third kappa shape index (κ3) is 5.04. The summed E-state index contributed by atoms with van der Waals surface area (Å²) >= 11 is 25.9. The number of thiazole rings is 1. The van der Waals surface area contributed by atoms with Crippen molar-refractivity contribution in [3.05, 3.63) is 92.7 Å². The number of aromatic nitrogens is 1. The Morgan fingerprint density at radius 2 is 1.68 bits per heavy atom. The van der Waals surface area contributed by atoms with Gasteiger partial charge in [0, 0.05) is 20.1 Å². The molecule has 1 aliphatic rings. The minimum atomic E-state index is -1.10. The number of methoxy groups -OCH3 is 1. The first kappa shape index (κ1) is 27.3. The summed E-state index contributed by atoms with van der Waals surface area (Å²) < 4.78 is 11.8. The van der Waals surface area contributed by atoms with Gasteiger partial charge in [0.1, 0.15) is 10.5 Å². The van der Waals surface area contributed by atoms with Gasteiger partial charge in [-0.05, 0) is 48.4 Å². The Balaban J connectivity index is 2.15. The molecule has 1 aliphatic heterocycles. The SMILES string of the molecule is CCOC(=O)C1=C(N)n2c(s/c(=C/c3ccc(Cl)cc3Cl)c2=O)=C(C(=O)OC)[C@@H]1c1ccc(Cl)cc1Cl. The first-order chi connectivity index (χ1) is 17.6. The zero-order valence-electron chi connectivity index (χ0n) is 19.3. The second-order valence-electron chi connectivity index (χ2n) is 7.75. The van der Waals surface area contributed by atoms with Crippen LogP contribution in [0.3, 0.4) is 0 Å². The van der Waals surface area contributed by atoms with Gasteiger partial charge in [0.2, 0.25) is 0 Å². The van der Waals surface area contributed by atoms with Crippen molar-refractivity contribution in [2.45, 2.75) is 12.8 Å².